The minimum atomic E-state index is -1.55. The average molecular weight is 504 g/mol. The van der Waals surface area contributed by atoms with Crippen LogP contribution in [0.25, 0.3) is 0 Å². The highest BCUT2D eigenvalue weighted by molar-refractivity contribution is 5.95. The zero-order valence-corrected chi connectivity index (χ0v) is 19.6. The van der Waals surface area contributed by atoms with E-state index in [4.69, 9.17) is 15.3 Å². The zero-order valence-electron chi connectivity index (χ0n) is 19.6. The van der Waals surface area contributed by atoms with Crippen LogP contribution in [-0.4, -0.2) is 92.7 Å². The Morgan fingerprint density at radius 1 is 0.686 bits per heavy atom. The number of amides is 4. The predicted octanol–water partition coefficient (Wildman–Crippen LogP) is -2.59. The Morgan fingerprint density at radius 3 is 1.66 bits per heavy atom. The molecule has 0 aromatic heterocycles. The van der Waals surface area contributed by atoms with Crippen molar-refractivity contribution in [1.29, 1.82) is 0 Å². The molecule has 0 radical (unpaired) electrons. The quantitative estimate of drug-likeness (QED) is 0.108. The molecule has 0 aliphatic carbocycles. The van der Waals surface area contributed by atoms with Gasteiger partial charge in [0.1, 0.15) is 18.1 Å². The Hall–Kier alpha value is -3.75. The number of aliphatic hydroxyl groups excluding tert-OH is 1. The van der Waals surface area contributed by atoms with Crippen molar-refractivity contribution in [2.24, 2.45) is 5.92 Å². The molecule has 0 rings (SSSR count). The first-order valence-corrected chi connectivity index (χ1v) is 10.6. The molecule has 4 atom stereocenters. The van der Waals surface area contributed by atoms with E-state index in [1.807, 2.05) is 0 Å². The number of hydrogen-bond acceptors (Lipinski definition) is 8. The van der Waals surface area contributed by atoms with Crippen molar-refractivity contribution in [2.45, 2.75) is 70.6 Å². The maximum Gasteiger partial charge on any atom is 0.305 e. The van der Waals surface area contributed by atoms with Crippen LogP contribution in [0.3, 0.4) is 0 Å². The van der Waals surface area contributed by atoms with Crippen molar-refractivity contribution in [2.75, 3.05) is 6.61 Å². The van der Waals surface area contributed by atoms with Gasteiger partial charge in [0, 0.05) is 13.3 Å². The molecule has 35 heavy (non-hydrogen) atoms. The fourth-order valence-electron chi connectivity index (χ4n) is 2.89. The summed E-state index contributed by atoms with van der Waals surface area (Å²) in [5.74, 6) is -8.09. The molecule has 4 amide bonds. The van der Waals surface area contributed by atoms with Crippen LogP contribution in [0.4, 0.5) is 0 Å². The maximum atomic E-state index is 12.9. The van der Waals surface area contributed by atoms with Crippen LogP contribution in [0.5, 0.6) is 0 Å². The molecule has 15 heteroatoms. The van der Waals surface area contributed by atoms with Gasteiger partial charge in [0.05, 0.1) is 25.5 Å². The molecule has 0 saturated carbocycles. The van der Waals surface area contributed by atoms with Crippen molar-refractivity contribution in [1.82, 2.24) is 21.3 Å². The number of aliphatic hydroxyl groups is 1. The molecule has 15 nitrogen and oxygen atoms in total. The van der Waals surface area contributed by atoms with Gasteiger partial charge in [-0.2, -0.15) is 0 Å². The number of carbonyl (C=O) groups is 7. The number of carboxylic acid groups (broad SMARTS) is 3. The van der Waals surface area contributed by atoms with Crippen LogP contribution in [0.2, 0.25) is 0 Å². The van der Waals surface area contributed by atoms with Crippen LogP contribution >= 0.6 is 0 Å². The number of nitrogens with one attached hydrogen (secondary N) is 4. The van der Waals surface area contributed by atoms with E-state index in [0.29, 0.717) is 0 Å². The van der Waals surface area contributed by atoms with Crippen molar-refractivity contribution in [3.63, 3.8) is 0 Å². The van der Waals surface area contributed by atoms with Crippen LogP contribution in [0.15, 0.2) is 0 Å². The molecule has 0 aromatic rings. The summed E-state index contributed by atoms with van der Waals surface area (Å²) in [5.41, 5.74) is 0. The summed E-state index contributed by atoms with van der Waals surface area (Å²) in [5, 5.41) is 45.0. The van der Waals surface area contributed by atoms with E-state index < -0.39 is 104 Å². The highest BCUT2D eigenvalue weighted by atomic mass is 16.4. The van der Waals surface area contributed by atoms with Gasteiger partial charge in [0.25, 0.3) is 0 Å². The van der Waals surface area contributed by atoms with Gasteiger partial charge in [-0.3, -0.25) is 33.6 Å². The first-order valence-electron chi connectivity index (χ1n) is 10.6. The SMILES string of the molecule is CC(=O)N[C@@H](CC(=O)O)C(=O)N[C@@H](CCC(=O)O)C(=O)N[C@H](C(=O)N[C@H](CO)CC(=O)O)C(C)C. The summed E-state index contributed by atoms with van der Waals surface area (Å²) in [6, 6.07) is -5.43. The van der Waals surface area contributed by atoms with Gasteiger partial charge in [-0.25, -0.2) is 0 Å². The Labute approximate surface area is 200 Å². The van der Waals surface area contributed by atoms with E-state index in [-0.39, 0.29) is 0 Å². The third kappa shape index (κ3) is 12.9. The highest BCUT2D eigenvalue weighted by Crippen LogP contribution is 2.07. The van der Waals surface area contributed by atoms with E-state index in [1.54, 1.807) is 13.8 Å². The molecular weight excluding hydrogens is 472 g/mol. The van der Waals surface area contributed by atoms with Gasteiger partial charge < -0.3 is 41.7 Å². The van der Waals surface area contributed by atoms with Gasteiger partial charge in [0.2, 0.25) is 23.6 Å². The van der Waals surface area contributed by atoms with Gasteiger partial charge >= 0.3 is 17.9 Å². The van der Waals surface area contributed by atoms with E-state index >= 15 is 0 Å². The standard InChI is InChI=1S/C20H32N4O11/c1-9(2)17(20(35)22-11(8-25)6-15(29)30)24-18(33)12(4-5-14(27)28)23-19(34)13(7-16(31)32)21-10(3)26/h9,11-13,17,25H,4-8H2,1-3H3,(H,21,26)(H,22,35)(H,23,34)(H,24,33)(H,27,28)(H,29,30)(H,31,32)/t11-,12-,13-,17-/m0/s1. The van der Waals surface area contributed by atoms with Gasteiger partial charge in [-0.05, 0) is 12.3 Å². The fraction of sp³-hybridized carbons (Fsp3) is 0.650. The van der Waals surface area contributed by atoms with Gasteiger partial charge in [0.15, 0.2) is 0 Å². The molecular formula is C20H32N4O11. The lowest BCUT2D eigenvalue weighted by molar-refractivity contribution is -0.141. The second-order valence-corrected chi connectivity index (χ2v) is 8.06. The molecule has 198 valence electrons. The normalized spacial score (nSPS) is 14.1. The first kappa shape index (κ1) is 31.2. The molecule has 0 aliphatic heterocycles. The lowest BCUT2D eigenvalue weighted by Crippen LogP contribution is -2.58. The number of carboxylic acids is 3. The average Bonchev–Trinajstić information content (AvgIpc) is 2.71. The first-order chi connectivity index (χ1) is 16.2. The number of carbonyl (C=O) groups excluding carboxylic acids is 4. The van der Waals surface area contributed by atoms with Crippen LogP contribution in [0, 0.1) is 5.92 Å². The van der Waals surface area contributed by atoms with Gasteiger partial charge in [-0.1, -0.05) is 13.8 Å². The Kier molecular flexibility index (Phi) is 13.6. The molecule has 0 saturated heterocycles. The Balaban J connectivity index is 5.64. The van der Waals surface area contributed by atoms with Crippen LogP contribution in [0.1, 0.15) is 46.5 Å². The number of rotatable bonds is 16. The molecule has 0 unspecified atom stereocenters. The van der Waals surface area contributed by atoms with Gasteiger partial charge in [-0.15, -0.1) is 0 Å². The molecule has 0 aliphatic rings. The van der Waals surface area contributed by atoms with E-state index in [2.05, 4.69) is 21.3 Å². The topological polar surface area (TPSA) is 249 Å². The fourth-order valence-corrected chi connectivity index (χ4v) is 2.89. The molecule has 8 N–H and O–H groups in total. The summed E-state index contributed by atoms with van der Waals surface area (Å²) in [6.07, 6.45) is -2.36. The second-order valence-electron chi connectivity index (χ2n) is 8.06. The minimum Gasteiger partial charge on any atom is -0.481 e. The molecule has 0 bridgehead atoms. The largest absolute Gasteiger partial charge is 0.481 e. The highest BCUT2D eigenvalue weighted by Gasteiger charge is 2.32. The molecule has 0 aromatic carbocycles. The second kappa shape index (κ2) is 15.2. The summed E-state index contributed by atoms with van der Waals surface area (Å²) in [4.78, 5) is 82.2. The van der Waals surface area contributed by atoms with Crippen LogP contribution in [-0.2, 0) is 33.6 Å². The van der Waals surface area contributed by atoms with Crippen molar-refractivity contribution in [3.05, 3.63) is 0 Å². The monoisotopic (exact) mass is 504 g/mol. The molecule has 0 heterocycles. The maximum absolute atomic E-state index is 12.9. The summed E-state index contributed by atoms with van der Waals surface area (Å²) >= 11 is 0. The minimum absolute atomic E-state index is 0.419. The third-order valence-electron chi connectivity index (χ3n) is 4.59. The summed E-state index contributed by atoms with van der Waals surface area (Å²) in [7, 11) is 0. The lowest BCUT2D eigenvalue weighted by Gasteiger charge is -2.27. The number of hydrogen-bond donors (Lipinski definition) is 8. The van der Waals surface area contributed by atoms with Crippen molar-refractivity contribution >= 4 is 41.5 Å². The number of aliphatic carboxylic acids is 3. The zero-order chi connectivity index (χ0) is 27.3. The third-order valence-corrected chi connectivity index (χ3v) is 4.59. The lowest BCUT2D eigenvalue weighted by atomic mass is 10.0. The van der Waals surface area contributed by atoms with Crippen molar-refractivity contribution < 1.29 is 54.0 Å². The van der Waals surface area contributed by atoms with E-state index in [0.717, 1.165) is 6.92 Å². The Bertz CT molecular complexity index is 799. The van der Waals surface area contributed by atoms with Crippen molar-refractivity contribution in [3.8, 4) is 0 Å². The van der Waals surface area contributed by atoms with E-state index in [9.17, 15) is 38.7 Å². The van der Waals surface area contributed by atoms with Crippen LogP contribution < -0.4 is 21.3 Å². The molecule has 0 spiro atoms. The summed E-state index contributed by atoms with van der Waals surface area (Å²) < 4.78 is 0. The predicted molar refractivity (Wildman–Crippen MR) is 117 cm³/mol. The summed E-state index contributed by atoms with van der Waals surface area (Å²) in [6.45, 7) is 3.48. The smallest absolute Gasteiger partial charge is 0.305 e. The molecule has 0 fully saturated rings. The Morgan fingerprint density at radius 2 is 1.23 bits per heavy atom. The van der Waals surface area contributed by atoms with E-state index in [1.165, 1.54) is 0 Å².